The number of amides is 1. The first-order valence-corrected chi connectivity index (χ1v) is 11.1. The van der Waals surface area contributed by atoms with Crippen LogP contribution in [0.1, 0.15) is 42.6 Å². The van der Waals surface area contributed by atoms with E-state index in [9.17, 15) is 4.79 Å². The molecular formula is C24H26N6O. The summed E-state index contributed by atoms with van der Waals surface area (Å²) in [5.41, 5.74) is 3.36. The number of carbonyl (C=O) groups excluding carboxylic acids is 1. The quantitative estimate of drug-likeness (QED) is 0.708. The molecule has 1 unspecified atom stereocenters. The zero-order valence-electron chi connectivity index (χ0n) is 17.5. The van der Waals surface area contributed by atoms with Gasteiger partial charge in [-0.2, -0.15) is 5.26 Å². The third-order valence-corrected chi connectivity index (χ3v) is 6.34. The summed E-state index contributed by atoms with van der Waals surface area (Å²) in [4.78, 5) is 30.0. The van der Waals surface area contributed by atoms with E-state index in [2.05, 4.69) is 20.9 Å². The topological polar surface area (TPSA) is 88.9 Å². The molecule has 0 spiro atoms. The van der Waals surface area contributed by atoms with Crippen LogP contribution in [-0.4, -0.2) is 51.9 Å². The number of aromatic amines is 1. The average Bonchev–Trinajstić information content (AvgIpc) is 3.48. The van der Waals surface area contributed by atoms with Gasteiger partial charge in [0.2, 0.25) is 5.91 Å². The van der Waals surface area contributed by atoms with Crippen LogP contribution in [0.3, 0.4) is 0 Å². The predicted octanol–water partition coefficient (Wildman–Crippen LogP) is 3.26. The second kappa shape index (κ2) is 8.38. The number of benzene rings is 1. The van der Waals surface area contributed by atoms with Gasteiger partial charge in [-0.25, -0.2) is 9.97 Å². The van der Waals surface area contributed by atoms with Gasteiger partial charge in [-0.1, -0.05) is 12.1 Å². The number of nitrogens with one attached hydrogen (secondary N) is 1. The molecule has 7 nitrogen and oxygen atoms in total. The number of hydrogen-bond acceptors (Lipinski definition) is 5. The van der Waals surface area contributed by atoms with E-state index in [4.69, 9.17) is 10.2 Å². The van der Waals surface area contributed by atoms with Crippen LogP contribution in [-0.2, 0) is 11.2 Å². The second-order valence-electron chi connectivity index (χ2n) is 8.52. The highest BCUT2D eigenvalue weighted by atomic mass is 16.2. The fourth-order valence-electron chi connectivity index (χ4n) is 4.67. The Morgan fingerprint density at radius 2 is 1.87 bits per heavy atom. The number of rotatable bonds is 4. The zero-order chi connectivity index (χ0) is 21.2. The SMILES string of the molecule is N#Cc1ccc(Cc2nc3ccc(N4CCCC(C(=O)N5CCCC5)C4)nc3[nH]2)cc1. The normalized spacial score (nSPS) is 19.0. The minimum absolute atomic E-state index is 0.0676. The van der Waals surface area contributed by atoms with Crippen molar-refractivity contribution in [3.05, 3.63) is 53.3 Å². The molecule has 2 fully saturated rings. The van der Waals surface area contributed by atoms with Gasteiger partial charge in [0.15, 0.2) is 5.65 Å². The molecule has 1 amide bonds. The second-order valence-corrected chi connectivity index (χ2v) is 8.52. The molecule has 7 heteroatoms. The van der Waals surface area contributed by atoms with Crippen LogP contribution in [0.5, 0.6) is 0 Å². The maximum absolute atomic E-state index is 12.9. The number of aromatic nitrogens is 3. The molecule has 2 aliphatic rings. The number of piperidine rings is 1. The average molecular weight is 415 g/mol. The standard InChI is InChI=1S/C24H26N6O/c25-15-18-7-5-17(6-8-18)14-21-26-20-9-10-22(28-23(20)27-21)30-13-3-4-19(16-30)24(31)29-11-1-2-12-29/h5-10,19H,1-4,11-14,16H2,(H,26,27,28). The zero-order valence-corrected chi connectivity index (χ0v) is 17.5. The van der Waals surface area contributed by atoms with Crippen molar-refractivity contribution in [2.75, 3.05) is 31.1 Å². The maximum atomic E-state index is 12.9. The number of carbonyl (C=O) groups is 1. The van der Waals surface area contributed by atoms with Gasteiger partial charge in [0.1, 0.15) is 17.2 Å². The van der Waals surface area contributed by atoms with Gasteiger partial charge < -0.3 is 14.8 Å². The molecule has 5 rings (SSSR count). The lowest BCUT2D eigenvalue weighted by molar-refractivity contribution is -0.134. The number of hydrogen-bond donors (Lipinski definition) is 1. The van der Waals surface area contributed by atoms with Crippen molar-refractivity contribution in [3.8, 4) is 6.07 Å². The maximum Gasteiger partial charge on any atom is 0.227 e. The number of H-pyrrole nitrogens is 1. The molecule has 3 aromatic rings. The lowest BCUT2D eigenvalue weighted by Gasteiger charge is -2.34. The molecule has 31 heavy (non-hydrogen) atoms. The van der Waals surface area contributed by atoms with E-state index >= 15 is 0 Å². The first-order chi connectivity index (χ1) is 15.2. The molecule has 2 aliphatic heterocycles. The van der Waals surface area contributed by atoms with Crippen LogP contribution in [0.25, 0.3) is 11.2 Å². The van der Waals surface area contributed by atoms with Crippen molar-refractivity contribution >= 4 is 22.9 Å². The molecule has 2 aromatic heterocycles. The summed E-state index contributed by atoms with van der Waals surface area (Å²) in [6.45, 7) is 3.49. The Bertz CT molecular complexity index is 1120. The highest BCUT2D eigenvalue weighted by Gasteiger charge is 2.31. The highest BCUT2D eigenvalue weighted by Crippen LogP contribution is 2.26. The van der Waals surface area contributed by atoms with E-state index in [-0.39, 0.29) is 5.92 Å². The molecule has 2 saturated heterocycles. The molecule has 158 valence electrons. The summed E-state index contributed by atoms with van der Waals surface area (Å²) in [6.07, 6.45) is 4.90. The monoisotopic (exact) mass is 414 g/mol. The molecular weight excluding hydrogens is 388 g/mol. The number of likely N-dealkylation sites (tertiary alicyclic amines) is 1. The van der Waals surface area contributed by atoms with Gasteiger partial charge >= 0.3 is 0 Å². The van der Waals surface area contributed by atoms with Crippen molar-refractivity contribution in [2.24, 2.45) is 5.92 Å². The van der Waals surface area contributed by atoms with Crippen molar-refractivity contribution in [1.82, 2.24) is 19.9 Å². The smallest absolute Gasteiger partial charge is 0.227 e. The van der Waals surface area contributed by atoms with Gasteiger partial charge in [0.05, 0.1) is 17.6 Å². The Morgan fingerprint density at radius 1 is 1.06 bits per heavy atom. The largest absolute Gasteiger partial charge is 0.356 e. The first-order valence-electron chi connectivity index (χ1n) is 11.1. The molecule has 1 atom stereocenters. The summed E-state index contributed by atoms with van der Waals surface area (Å²) < 4.78 is 0. The van der Waals surface area contributed by atoms with Crippen LogP contribution >= 0.6 is 0 Å². The molecule has 4 heterocycles. The minimum atomic E-state index is 0.0676. The number of imidazole rings is 1. The van der Waals surface area contributed by atoms with Crippen LogP contribution in [0.2, 0.25) is 0 Å². The summed E-state index contributed by atoms with van der Waals surface area (Å²) in [5.74, 6) is 2.14. The summed E-state index contributed by atoms with van der Waals surface area (Å²) in [5, 5.41) is 8.95. The Morgan fingerprint density at radius 3 is 2.65 bits per heavy atom. The summed E-state index contributed by atoms with van der Waals surface area (Å²) >= 11 is 0. The lowest BCUT2D eigenvalue weighted by atomic mass is 9.96. The molecule has 0 radical (unpaired) electrons. The number of fused-ring (bicyclic) bond motifs is 1. The third-order valence-electron chi connectivity index (χ3n) is 6.34. The van der Waals surface area contributed by atoms with Crippen molar-refractivity contribution in [3.63, 3.8) is 0 Å². The van der Waals surface area contributed by atoms with Gasteiger partial charge in [0, 0.05) is 32.6 Å². The first kappa shape index (κ1) is 19.6. The van der Waals surface area contributed by atoms with Crippen LogP contribution in [0.15, 0.2) is 36.4 Å². The van der Waals surface area contributed by atoms with E-state index in [1.54, 1.807) is 0 Å². The van der Waals surface area contributed by atoms with Gasteiger partial charge in [-0.3, -0.25) is 4.79 Å². The van der Waals surface area contributed by atoms with E-state index in [0.717, 1.165) is 80.2 Å². The Hall–Kier alpha value is -3.40. The van der Waals surface area contributed by atoms with Crippen molar-refractivity contribution in [2.45, 2.75) is 32.1 Å². The van der Waals surface area contributed by atoms with Crippen LogP contribution < -0.4 is 4.90 Å². The highest BCUT2D eigenvalue weighted by molar-refractivity contribution is 5.80. The number of anilines is 1. The van der Waals surface area contributed by atoms with Crippen molar-refractivity contribution < 1.29 is 4.79 Å². The Kier molecular flexibility index (Phi) is 5.29. The fourth-order valence-corrected chi connectivity index (χ4v) is 4.67. The van der Waals surface area contributed by atoms with Gasteiger partial charge in [0.25, 0.3) is 0 Å². The summed E-state index contributed by atoms with van der Waals surface area (Å²) in [6, 6.07) is 13.7. The van der Waals surface area contributed by atoms with Gasteiger partial charge in [-0.05, 0) is 55.5 Å². The molecule has 1 aromatic carbocycles. The molecule has 0 aliphatic carbocycles. The van der Waals surface area contributed by atoms with E-state index < -0.39 is 0 Å². The van der Waals surface area contributed by atoms with E-state index in [1.165, 1.54) is 0 Å². The Balaban J connectivity index is 1.31. The van der Waals surface area contributed by atoms with Crippen molar-refractivity contribution in [1.29, 1.82) is 5.26 Å². The van der Waals surface area contributed by atoms with Crippen LogP contribution in [0, 0.1) is 17.2 Å². The minimum Gasteiger partial charge on any atom is -0.356 e. The number of pyridine rings is 1. The predicted molar refractivity (Wildman–Crippen MR) is 119 cm³/mol. The van der Waals surface area contributed by atoms with E-state index in [0.29, 0.717) is 17.9 Å². The summed E-state index contributed by atoms with van der Waals surface area (Å²) in [7, 11) is 0. The molecule has 0 bridgehead atoms. The third kappa shape index (κ3) is 4.11. The lowest BCUT2D eigenvalue weighted by Crippen LogP contribution is -2.44. The fraction of sp³-hybridized carbons (Fsp3) is 0.417. The van der Waals surface area contributed by atoms with Gasteiger partial charge in [-0.15, -0.1) is 0 Å². The Labute approximate surface area is 181 Å². The molecule has 0 saturated carbocycles. The van der Waals surface area contributed by atoms with E-state index in [1.807, 2.05) is 41.3 Å². The number of nitriles is 1. The number of nitrogens with zero attached hydrogens (tertiary/aromatic N) is 5. The van der Waals surface area contributed by atoms with Crippen LogP contribution in [0.4, 0.5) is 5.82 Å². The molecule has 1 N–H and O–H groups in total.